The van der Waals surface area contributed by atoms with E-state index in [1.165, 1.54) is 12.3 Å². The van der Waals surface area contributed by atoms with Gasteiger partial charge in [0.05, 0.1) is 16.5 Å². The molecular weight excluding hydrogens is 325 g/mol. The summed E-state index contributed by atoms with van der Waals surface area (Å²) < 4.78 is 14.0. The number of piperidine rings is 1. The molecular formula is C15H17ClFN3O3. The van der Waals surface area contributed by atoms with E-state index < -0.39 is 23.2 Å². The lowest BCUT2D eigenvalue weighted by Crippen LogP contribution is -2.56. The number of carboxylic acid groups (broad SMARTS) is 1. The Morgan fingerprint density at radius 1 is 1.48 bits per heavy atom. The largest absolute Gasteiger partial charge is 0.481 e. The van der Waals surface area contributed by atoms with Gasteiger partial charge in [-0.2, -0.15) is 0 Å². The van der Waals surface area contributed by atoms with Gasteiger partial charge in [0.15, 0.2) is 11.6 Å². The smallest absolute Gasteiger partial charge is 0.309 e. The van der Waals surface area contributed by atoms with Crippen molar-refractivity contribution in [3.63, 3.8) is 0 Å². The van der Waals surface area contributed by atoms with Gasteiger partial charge in [-0.05, 0) is 18.9 Å². The van der Waals surface area contributed by atoms with E-state index in [2.05, 4.69) is 4.98 Å². The molecule has 0 saturated carbocycles. The van der Waals surface area contributed by atoms with Crippen LogP contribution < -0.4 is 4.90 Å². The molecule has 1 aromatic heterocycles. The molecule has 1 aromatic rings. The summed E-state index contributed by atoms with van der Waals surface area (Å²) in [4.78, 5) is 30.9. The number of aliphatic carboxylic acids is 1. The molecule has 0 aliphatic carbocycles. The lowest BCUT2D eigenvalue weighted by Gasteiger charge is -2.45. The number of carbonyl (C=O) groups excluding carboxylic acids is 1. The summed E-state index contributed by atoms with van der Waals surface area (Å²) in [5.74, 6) is -2.11. The molecule has 1 atom stereocenters. The summed E-state index contributed by atoms with van der Waals surface area (Å²) in [6, 6.07) is 1.21. The monoisotopic (exact) mass is 341 g/mol. The number of likely N-dealkylation sites (tertiary alicyclic amines) is 1. The number of hydrogen-bond donors (Lipinski definition) is 1. The molecule has 124 valence electrons. The number of carboxylic acids is 1. The van der Waals surface area contributed by atoms with E-state index in [1.807, 2.05) is 0 Å². The van der Waals surface area contributed by atoms with Gasteiger partial charge < -0.3 is 14.9 Å². The van der Waals surface area contributed by atoms with Crippen LogP contribution in [0.5, 0.6) is 0 Å². The van der Waals surface area contributed by atoms with Gasteiger partial charge in [0, 0.05) is 32.8 Å². The van der Waals surface area contributed by atoms with Crippen molar-refractivity contribution >= 4 is 29.3 Å². The van der Waals surface area contributed by atoms with Crippen molar-refractivity contribution in [1.29, 1.82) is 0 Å². The minimum atomic E-state index is -0.952. The third-order valence-corrected chi connectivity index (χ3v) is 5.29. The molecule has 1 unspecified atom stereocenters. The van der Waals surface area contributed by atoms with Crippen molar-refractivity contribution < 1.29 is 19.1 Å². The van der Waals surface area contributed by atoms with Crippen LogP contribution in [0.15, 0.2) is 12.3 Å². The van der Waals surface area contributed by atoms with Gasteiger partial charge in [0.25, 0.3) is 0 Å². The van der Waals surface area contributed by atoms with Crippen molar-refractivity contribution in [3.8, 4) is 0 Å². The molecule has 0 bridgehead atoms. The second-order valence-corrected chi connectivity index (χ2v) is 6.53. The van der Waals surface area contributed by atoms with Crippen LogP contribution >= 0.6 is 11.6 Å². The van der Waals surface area contributed by atoms with E-state index in [0.29, 0.717) is 25.9 Å². The van der Waals surface area contributed by atoms with Gasteiger partial charge in [0.2, 0.25) is 5.91 Å². The summed E-state index contributed by atoms with van der Waals surface area (Å²) in [5, 5.41) is 9.67. The van der Waals surface area contributed by atoms with E-state index in [4.69, 9.17) is 11.6 Å². The number of anilines is 1. The number of rotatable bonds is 2. The second kappa shape index (κ2) is 5.63. The highest BCUT2D eigenvalue weighted by Gasteiger charge is 2.55. The molecule has 2 saturated heterocycles. The Labute approximate surface area is 137 Å². The summed E-state index contributed by atoms with van der Waals surface area (Å²) >= 11 is 5.71. The Morgan fingerprint density at radius 3 is 2.70 bits per heavy atom. The second-order valence-electron chi connectivity index (χ2n) is 6.10. The molecule has 1 amide bonds. The van der Waals surface area contributed by atoms with Crippen LogP contribution in [0.3, 0.4) is 0 Å². The standard InChI is InChI=1S/C15H17ClFN3O3/c1-19-12(21)7-10(14(22)23)15(19)2-4-20(5-3-15)13-11(17)6-9(16)8-18-13/h6,8,10H,2-5,7H2,1H3,(H,22,23). The molecule has 2 aliphatic heterocycles. The van der Waals surface area contributed by atoms with Crippen molar-refractivity contribution in [2.75, 3.05) is 25.0 Å². The van der Waals surface area contributed by atoms with E-state index in [0.717, 1.165) is 0 Å². The predicted octanol–water partition coefficient (Wildman–Crippen LogP) is 1.78. The highest BCUT2D eigenvalue weighted by atomic mass is 35.5. The third-order valence-electron chi connectivity index (χ3n) is 5.08. The Bertz CT molecular complexity index is 661. The van der Waals surface area contributed by atoms with Crippen LogP contribution in [-0.2, 0) is 9.59 Å². The zero-order valence-corrected chi connectivity index (χ0v) is 13.4. The lowest BCUT2D eigenvalue weighted by molar-refractivity contribution is -0.145. The lowest BCUT2D eigenvalue weighted by atomic mass is 9.77. The van der Waals surface area contributed by atoms with Crippen molar-refractivity contribution in [1.82, 2.24) is 9.88 Å². The van der Waals surface area contributed by atoms with Gasteiger partial charge in [-0.3, -0.25) is 9.59 Å². The zero-order chi connectivity index (χ0) is 16.8. The normalized spacial score (nSPS) is 23.6. The number of amides is 1. The average molecular weight is 342 g/mol. The first-order valence-corrected chi connectivity index (χ1v) is 7.78. The van der Waals surface area contributed by atoms with Crippen LogP contribution in [0.1, 0.15) is 19.3 Å². The number of nitrogens with zero attached hydrogens (tertiary/aromatic N) is 3. The fourth-order valence-electron chi connectivity index (χ4n) is 3.73. The summed E-state index contributed by atoms with van der Waals surface area (Å²) in [5.41, 5.74) is -0.692. The molecule has 23 heavy (non-hydrogen) atoms. The Hall–Kier alpha value is -1.89. The van der Waals surface area contributed by atoms with E-state index in [-0.39, 0.29) is 23.2 Å². The molecule has 2 fully saturated rings. The molecule has 8 heteroatoms. The molecule has 0 radical (unpaired) electrons. The maximum Gasteiger partial charge on any atom is 0.309 e. The van der Waals surface area contributed by atoms with Crippen LogP contribution in [0.2, 0.25) is 5.02 Å². The minimum Gasteiger partial charge on any atom is -0.481 e. The van der Waals surface area contributed by atoms with E-state index >= 15 is 0 Å². The average Bonchev–Trinajstić information content (AvgIpc) is 2.74. The van der Waals surface area contributed by atoms with Crippen LogP contribution in [0.25, 0.3) is 0 Å². The van der Waals surface area contributed by atoms with Crippen molar-refractivity contribution in [2.24, 2.45) is 5.92 Å². The van der Waals surface area contributed by atoms with Gasteiger partial charge in [-0.1, -0.05) is 11.6 Å². The predicted molar refractivity (Wildman–Crippen MR) is 81.9 cm³/mol. The maximum absolute atomic E-state index is 14.0. The van der Waals surface area contributed by atoms with E-state index in [1.54, 1.807) is 16.8 Å². The highest BCUT2D eigenvalue weighted by molar-refractivity contribution is 6.30. The fourth-order valence-corrected chi connectivity index (χ4v) is 3.88. The summed E-state index contributed by atoms with van der Waals surface area (Å²) in [7, 11) is 1.65. The van der Waals surface area contributed by atoms with Crippen LogP contribution in [0, 0.1) is 11.7 Å². The Balaban J connectivity index is 1.82. The first-order valence-electron chi connectivity index (χ1n) is 7.40. The summed E-state index contributed by atoms with van der Waals surface area (Å²) in [6.45, 7) is 0.875. The first-order chi connectivity index (χ1) is 10.8. The van der Waals surface area contributed by atoms with Crippen molar-refractivity contribution in [3.05, 3.63) is 23.1 Å². The topological polar surface area (TPSA) is 73.7 Å². The minimum absolute atomic E-state index is 0.0272. The number of pyridine rings is 1. The number of halogens is 2. The highest BCUT2D eigenvalue weighted by Crippen LogP contribution is 2.43. The quantitative estimate of drug-likeness (QED) is 0.887. The zero-order valence-electron chi connectivity index (χ0n) is 12.6. The van der Waals surface area contributed by atoms with Gasteiger partial charge >= 0.3 is 5.97 Å². The molecule has 6 nitrogen and oxygen atoms in total. The Morgan fingerprint density at radius 2 is 2.13 bits per heavy atom. The van der Waals surface area contributed by atoms with Gasteiger partial charge in [-0.25, -0.2) is 9.37 Å². The van der Waals surface area contributed by atoms with Gasteiger partial charge in [-0.15, -0.1) is 0 Å². The van der Waals surface area contributed by atoms with Crippen molar-refractivity contribution in [2.45, 2.75) is 24.8 Å². The van der Waals surface area contributed by atoms with E-state index in [9.17, 15) is 19.1 Å². The molecule has 3 heterocycles. The van der Waals surface area contributed by atoms with Crippen LogP contribution in [0.4, 0.5) is 10.2 Å². The number of aromatic nitrogens is 1. The molecule has 0 aromatic carbocycles. The SMILES string of the molecule is CN1C(=O)CC(C(=O)O)C12CCN(c1ncc(Cl)cc1F)CC2. The Kier molecular flexibility index (Phi) is 3.91. The molecule has 2 aliphatic rings. The number of hydrogen-bond acceptors (Lipinski definition) is 4. The fraction of sp³-hybridized carbons (Fsp3) is 0.533. The maximum atomic E-state index is 14.0. The molecule has 1 spiro atoms. The van der Waals surface area contributed by atoms with Crippen LogP contribution in [-0.4, -0.2) is 52.5 Å². The third kappa shape index (κ3) is 2.52. The molecule has 3 rings (SSSR count). The first kappa shape index (κ1) is 16.0. The van der Waals surface area contributed by atoms with Gasteiger partial charge in [0.1, 0.15) is 0 Å². The number of carbonyl (C=O) groups is 2. The summed E-state index contributed by atoms with van der Waals surface area (Å²) in [6.07, 6.45) is 2.35. The molecule has 1 N–H and O–H groups in total.